The van der Waals surface area contributed by atoms with E-state index in [1.54, 1.807) is 30.6 Å². The lowest BCUT2D eigenvalue weighted by Gasteiger charge is -2.61. The molecule has 234 valence electrons. The number of pyridine rings is 1. The molecule has 0 bridgehead atoms. The number of primary amides is 1. The Kier molecular flexibility index (Phi) is 9.30. The molecule has 2 aliphatic rings. The van der Waals surface area contributed by atoms with Crippen molar-refractivity contribution in [1.29, 1.82) is 0 Å². The third-order valence-electron chi connectivity index (χ3n) is 9.61. The van der Waals surface area contributed by atoms with E-state index in [0.717, 1.165) is 18.5 Å². The number of methoxy groups -OCH3 is 3. The van der Waals surface area contributed by atoms with Gasteiger partial charge in [0.2, 0.25) is 11.7 Å². The predicted molar refractivity (Wildman–Crippen MR) is 170 cm³/mol. The molecule has 4 atom stereocenters. The molecular weight excluding hydrogens is 603 g/mol. The van der Waals surface area contributed by atoms with E-state index in [4.69, 9.17) is 43.1 Å². The summed E-state index contributed by atoms with van der Waals surface area (Å²) in [6.45, 7) is 3.78. The number of hydrogen-bond donors (Lipinski definition) is 2. The summed E-state index contributed by atoms with van der Waals surface area (Å²) in [7, 11) is 4.55. The third-order valence-corrected chi connectivity index (χ3v) is 10.3. The van der Waals surface area contributed by atoms with E-state index in [9.17, 15) is 9.59 Å². The van der Waals surface area contributed by atoms with Crippen LogP contribution in [0.3, 0.4) is 0 Å². The highest BCUT2D eigenvalue weighted by atomic mass is 35.5. The van der Waals surface area contributed by atoms with E-state index < -0.39 is 22.8 Å². The van der Waals surface area contributed by atoms with Gasteiger partial charge in [-0.15, -0.1) is 0 Å². The molecule has 2 aliphatic heterocycles. The SMILES string of the molecule is CCC1(C2CCNC2)C(c2ccc(Cl)c(Cl)c2)C(C(N)=O)(c2cccnc2)CCN1C(=O)c1cc(OC)c(OC)c(OC)c1. The number of aromatic nitrogens is 1. The van der Waals surface area contributed by atoms with Gasteiger partial charge in [-0.05, 0) is 73.2 Å². The van der Waals surface area contributed by atoms with Crippen LogP contribution < -0.4 is 25.3 Å². The highest BCUT2D eigenvalue weighted by Gasteiger charge is 2.64. The number of ether oxygens (including phenoxy) is 3. The number of carbonyl (C=O) groups is 2. The lowest BCUT2D eigenvalue weighted by atomic mass is 9.51. The average Bonchev–Trinajstić information content (AvgIpc) is 3.60. The Morgan fingerprint density at radius 1 is 1.07 bits per heavy atom. The Balaban J connectivity index is 1.81. The summed E-state index contributed by atoms with van der Waals surface area (Å²) < 4.78 is 16.7. The van der Waals surface area contributed by atoms with Crippen LogP contribution in [0.4, 0.5) is 0 Å². The minimum Gasteiger partial charge on any atom is -0.493 e. The average molecular weight is 642 g/mol. The summed E-state index contributed by atoms with van der Waals surface area (Å²) in [5.74, 6) is -0.156. The van der Waals surface area contributed by atoms with Crippen LogP contribution in [0.5, 0.6) is 17.2 Å². The molecule has 2 saturated heterocycles. The number of nitrogens with two attached hydrogens (primary N) is 1. The molecule has 2 aromatic carbocycles. The van der Waals surface area contributed by atoms with Crippen LogP contribution in [-0.2, 0) is 10.2 Å². The van der Waals surface area contributed by atoms with E-state index in [2.05, 4.69) is 17.2 Å². The van der Waals surface area contributed by atoms with Gasteiger partial charge in [0, 0.05) is 37.0 Å². The molecule has 3 N–H and O–H groups in total. The molecule has 2 fully saturated rings. The van der Waals surface area contributed by atoms with Crippen LogP contribution in [-0.4, -0.2) is 68.2 Å². The quantitative estimate of drug-likeness (QED) is 0.329. The lowest BCUT2D eigenvalue weighted by Crippen LogP contribution is -2.70. The number of amides is 2. The number of nitrogens with zero attached hydrogens (tertiary/aromatic N) is 2. The van der Waals surface area contributed by atoms with Crippen molar-refractivity contribution in [3.05, 3.63) is 81.6 Å². The highest BCUT2D eigenvalue weighted by Crippen LogP contribution is 2.58. The van der Waals surface area contributed by atoms with Gasteiger partial charge in [0.15, 0.2) is 11.5 Å². The second kappa shape index (κ2) is 12.8. The van der Waals surface area contributed by atoms with Crippen molar-refractivity contribution in [3.8, 4) is 17.2 Å². The Morgan fingerprint density at radius 3 is 2.32 bits per heavy atom. The van der Waals surface area contributed by atoms with Gasteiger partial charge in [-0.25, -0.2) is 0 Å². The van der Waals surface area contributed by atoms with Crippen molar-refractivity contribution >= 4 is 35.0 Å². The molecule has 0 saturated carbocycles. The predicted octanol–water partition coefficient (Wildman–Crippen LogP) is 5.23. The minimum atomic E-state index is -1.20. The fourth-order valence-electron chi connectivity index (χ4n) is 7.71. The monoisotopic (exact) mass is 640 g/mol. The maximum absolute atomic E-state index is 14.9. The fourth-order valence-corrected chi connectivity index (χ4v) is 8.01. The van der Waals surface area contributed by atoms with Gasteiger partial charge in [-0.3, -0.25) is 14.6 Å². The molecule has 11 heteroatoms. The molecule has 4 unspecified atom stereocenters. The molecule has 3 aromatic rings. The molecule has 0 spiro atoms. The van der Waals surface area contributed by atoms with E-state index in [1.165, 1.54) is 21.3 Å². The van der Waals surface area contributed by atoms with Gasteiger partial charge in [0.25, 0.3) is 5.91 Å². The standard InChI is InChI=1S/C33H38Cl2N4O5/c1-5-33(23-10-13-38-19-23)29(20-8-9-24(34)25(35)15-20)32(31(36)41,22-7-6-12-37-18-22)11-14-39(33)30(40)21-16-26(42-2)28(44-4)27(17-21)43-3/h6-9,12,15-18,23,29,38H,5,10-11,13-14,19H2,1-4H3,(H2,36,41). The van der Waals surface area contributed by atoms with Gasteiger partial charge in [-0.2, -0.15) is 0 Å². The van der Waals surface area contributed by atoms with Gasteiger partial charge in [-0.1, -0.05) is 42.3 Å². The topological polar surface area (TPSA) is 116 Å². The maximum Gasteiger partial charge on any atom is 0.254 e. The molecule has 3 heterocycles. The normalized spacial score (nSPS) is 25.0. The van der Waals surface area contributed by atoms with Crippen molar-refractivity contribution in [2.24, 2.45) is 11.7 Å². The first-order valence-corrected chi connectivity index (χ1v) is 15.4. The van der Waals surface area contributed by atoms with Gasteiger partial charge in [0.1, 0.15) is 0 Å². The fraction of sp³-hybridized carbons (Fsp3) is 0.424. The van der Waals surface area contributed by atoms with Crippen molar-refractivity contribution in [2.45, 2.75) is 43.1 Å². The van der Waals surface area contributed by atoms with E-state index in [0.29, 0.717) is 51.4 Å². The number of halogens is 2. The maximum atomic E-state index is 14.9. The molecule has 5 rings (SSSR count). The first-order valence-electron chi connectivity index (χ1n) is 14.7. The zero-order chi connectivity index (χ0) is 31.6. The second-order valence-corrected chi connectivity index (χ2v) is 12.2. The van der Waals surface area contributed by atoms with Crippen LogP contribution in [0.1, 0.15) is 53.6 Å². The molecule has 0 aliphatic carbocycles. The molecule has 2 amide bonds. The summed E-state index contributed by atoms with van der Waals surface area (Å²) >= 11 is 13.0. The van der Waals surface area contributed by atoms with Crippen molar-refractivity contribution in [1.82, 2.24) is 15.2 Å². The molecule has 1 aromatic heterocycles. The zero-order valence-electron chi connectivity index (χ0n) is 25.4. The highest BCUT2D eigenvalue weighted by molar-refractivity contribution is 6.42. The third kappa shape index (κ3) is 5.04. The summed E-state index contributed by atoms with van der Waals surface area (Å²) in [6.07, 6.45) is 4.99. The van der Waals surface area contributed by atoms with Gasteiger partial charge in [0.05, 0.1) is 42.3 Å². The van der Waals surface area contributed by atoms with Crippen molar-refractivity contribution < 1.29 is 23.8 Å². The molecule has 9 nitrogen and oxygen atoms in total. The Morgan fingerprint density at radius 2 is 1.80 bits per heavy atom. The van der Waals surface area contributed by atoms with Gasteiger partial charge >= 0.3 is 0 Å². The molecule has 0 radical (unpaired) electrons. The van der Waals surface area contributed by atoms with E-state index >= 15 is 0 Å². The minimum absolute atomic E-state index is 0.0198. The Bertz CT molecular complexity index is 1510. The first-order chi connectivity index (χ1) is 21.2. The summed E-state index contributed by atoms with van der Waals surface area (Å²) in [6, 6.07) is 12.5. The summed E-state index contributed by atoms with van der Waals surface area (Å²) in [4.78, 5) is 35.2. The number of carbonyl (C=O) groups excluding carboxylic acids is 2. The smallest absolute Gasteiger partial charge is 0.254 e. The number of benzene rings is 2. The first kappa shape index (κ1) is 31.9. The zero-order valence-corrected chi connectivity index (χ0v) is 26.9. The summed E-state index contributed by atoms with van der Waals surface area (Å²) in [5.41, 5.74) is 6.24. The van der Waals surface area contributed by atoms with E-state index in [-0.39, 0.29) is 24.8 Å². The van der Waals surface area contributed by atoms with Crippen molar-refractivity contribution in [3.63, 3.8) is 0 Å². The van der Waals surface area contributed by atoms with Crippen LogP contribution in [0.2, 0.25) is 10.0 Å². The number of likely N-dealkylation sites (tertiary alicyclic amines) is 1. The Hall–Kier alpha value is -3.53. The number of nitrogens with one attached hydrogen (secondary N) is 1. The van der Waals surface area contributed by atoms with Crippen LogP contribution in [0, 0.1) is 5.92 Å². The number of hydrogen-bond acceptors (Lipinski definition) is 7. The summed E-state index contributed by atoms with van der Waals surface area (Å²) in [5, 5.41) is 4.25. The Labute approximate surface area is 268 Å². The largest absolute Gasteiger partial charge is 0.493 e. The van der Waals surface area contributed by atoms with Gasteiger partial charge < -0.3 is 30.2 Å². The lowest BCUT2D eigenvalue weighted by molar-refractivity contribution is -0.131. The van der Waals surface area contributed by atoms with Crippen molar-refractivity contribution in [2.75, 3.05) is 41.0 Å². The van der Waals surface area contributed by atoms with Crippen LogP contribution >= 0.6 is 23.2 Å². The van der Waals surface area contributed by atoms with Crippen LogP contribution in [0.25, 0.3) is 0 Å². The number of rotatable bonds is 9. The second-order valence-electron chi connectivity index (χ2n) is 11.3. The molecular formula is C33H38Cl2N4O5. The van der Waals surface area contributed by atoms with E-state index in [1.807, 2.05) is 29.2 Å². The molecule has 44 heavy (non-hydrogen) atoms. The number of piperidine rings is 1. The van der Waals surface area contributed by atoms with Crippen LogP contribution in [0.15, 0.2) is 54.9 Å².